The van der Waals surface area contributed by atoms with Gasteiger partial charge in [-0.1, -0.05) is 30.3 Å². The summed E-state index contributed by atoms with van der Waals surface area (Å²) in [7, 11) is -1.58. The highest BCUT2D eigenvalue weighted by Crippen LogP contribution is 2.15. The van der Waals surface area contributed by atoms with Gasteiger partial charge in [0.2, 0.25) is 0 Å². The lowest BCUT2D eigenvalue weighted by Gasteiger charge is -2.20. The Kier molecular flexibility index (Phi) is 8.59. The molecule has 170 valence electrons. The minimum atomic E-state index is -3.23. The van der Waals surface area contributed by atoms with E-state index in [1.165, 1.54) is 18.2 Å². The molecule has 2 rings (SSSR count). The summed E-state index contributed by atoms with van der Waals surface area (Å²) < 4.78 is 42.8. The van der Waals surface area contributed by atoms with Crippen molar-refractivity contribution in [2.45, 2.75) is 51.8 Å². The first kappa shape index (κ1) is 24.8. The Bertz CT molecular complexity index is 1010. The summed E-state index contributed by atoms with van der Waals surface area (Å²) in [6.45, 7) is 7.40. The maximum atomic E-state index is 13.7. The molecule has 0 atom stereocenters. The smallest absolute Gasteiger partial charge is 0.191 e. The van der Waals surface area contributed by atoms with E-state index < -0.39 is 15.7 Å². The number of guanidine groups is 1. The molecular formula is C23H32FN3O3S. The molecule has 6 nitrogen and oxygen atoms in total. The van der Waals surface area contributed by atoms with Gasteiger partial charge in [0.15, 0.2) is 15.8 Å². The van der Waals surface area contributed by atoms with Crippen molar-refractivity contribution in [1.82, 2.24) is 10.6 Å². The number of hydrogen-bond donors (Lipinski definition) is 2. The zero-order valence-electron chi connectivity index (χ0n) is 18.8. The molecule has 31 heavy (non-hydrogen) atoms. The average Bonchev–Trinajstić information content (AvgIpc) is 2.67. The van der Waals surface area contributed by atoms with E-state index in [1.807, 2.05) is 39.0 Å². The highest BCUT2D eigenvalue weighted by atomic mass is 32.2. The molecule has 0 aromatic heterocycles. The predicted octanol–water partition coefficient (Wildman–Crippen LogP) is 3.55. The Hall–Kier alpha value is -2.45. The normalized spacial score (nSPS) is 12.6. The van der Waals surface area contributed by atoms with Gasteiger partial charge in [-0.05, 0) is 55.2 Å². The molecule has 0 spiro atoms. The molecule has 0 amide bonds. The first-order valence-electron chi connectivity index (χ1n) is 10.1. The number of hydrogen-bond acceptors (Lipinski definition) is 4. The van der Waals surface area contributed by atoms with Crippen LogP contribution < -0.4 is 10.6 Å². The van der Waals surface area contributed by atoms with Gasteiger partial charge in [0.05, 0.1) is 18.0 Å². The number of sulfone groups is 1. The van der Waals surface area contributed by atoms with E-state index in [9.17, 15) is 12.8 Å². The summed E-state index contributed by atoms with van der Waals surface area (Å²) in [5.41, 5.74) is 3.10. The van der Waals surface area contributed by atoms with Crippen molar-refractivity contribution in [3.05, 3.63) is 70.5 Å². The SMILES string of the molecule is CN=C(NCc1cccc(COC(C)(C)C)c1)NCc1cc(F)ccc1CS(C)(=O)=O. The van der Waals surface area contributed by atoms with Crippen LogP contribution in [0.5, 0.6) is 0 Å². The van der Waals surface area contributed by atoms with Crippen LogP contribution in [0, 0.1) is 5.82 Å². The zero-order valence-corrected chi connectivity index (χ0v) is 19.6. The molecule has 0 heterocycles. The molecule has 0 radical (unpaired) electrons. The molecule has 0 aliphatic heterocycles. The third kappa shape index (κ3) is 9.48. The van der Waals surface area contributed by atoms with Gasteiger partial charge in [-0.3, -0.25) is 4.99 Å². The van der Waals surface area contributed by atoms with Crippen molar-refractivity contribution in [2.75, 3.05) is 13.3 Å². The number of nitrogens with zero attached hydrogens (tertiary/aromatic N) is 1. The van der Waals surface area contributed by atoms with Crippen LogP contribution >= 0.6 is 0 Å². The van der Waals surface area contributed by atoms with Crippen molar-refractivity contribution < 1.29 is 17.5 Å². The molecule has 0 unspecified atom stereocenters. The van der Waals surface area contributed by atoms with E-state index in [1.54, 1.807) is 7.05 Å². The monoisotopic (exact) mass is 449 g/mol. The fraction of sp³-hybridized carbons (Fsp3) is 0.435. The molecular weight excluding hydrogens is 417 g/mol. The maximum Gasteiger partial charge on any atom is 0.191 e. The largest absolute Gasteiger partial charge is 0.371 e. The van der Waals surface area contributed by atoms with Gasteiger partial charge >= 0.3 is 0 Å². The molecule has 0 saturated heterocycles. The van der Waals surface area contributed by atoms with Crippen molar-refractivity contribution in [2.24, 2.45) is 4.99 Å². The van der Waals surface area contributed by atoms with Gasteiger partial charge in [-0.15, -0.1) is 0 Å². The number of benzene rings is 2. The Morgan fingerprint density at radius 3 is 2.35 bits per heavy atom. The summed E-state index contributed by atoms with van der Waals surface area (Å²) in [5.74, 6) is -0.0167. The van der Waals surface area contributed by atoms with Crippen LogP contribution in [0.15, 0.2) is 47.5 Å². The fourth-order valence-corrected chi connectivity index (χ4v) is 3.74. The van der Waals surface area contributed by atoms with E-state index >= 15 is 0 Å². The van der Waals surface area contributed by atoms with Gasteiger partial charge in [0, 0.05) is 26.4 Å². The van der Waals surface area contributed by atoms with E-state index in [0.29, 0.717) is 30.2 Å². The van der Waals surface area contributed by atoms with E-state index in [-0.39, 0.29) is 17.9 Å². The molecule has 0 saturated carbocycles. The lowest BCUT2D eigenvalue weighted by molar-refractivity contribution is -0.0149. The van der Waals surface area contributed by atoms with Crippen molar-refractivity contribution in [1.29, 1.82) is 0 Å². The van der Waals surface area contributed by atoms with E-state index in [4.69, 9.17) is 4.74 Å². The Labute approximate surface area is 184 Å². The van der Waals surface area contributed by atoms with Gasteiger partial charge in [0.25, 0.3) is 0 Å². The van der Waals surface area contributed by atoms with Gasteiger partial charge < -0.3 is 15.4 Å². The van der Waals surface area contributed by atoms with Crippen LogP contribution in [0.25, 0.3) is 0 Å². The van der Waals surface area contributed by atoms with E-state index in [0.717, 1.165) is 17.4 Å². The Morgan fingerprint density at radius 2 is 1.71 bits per heavy atom. The number of nitrogens with one attached hydrogen (secondary N) is 2. The zero-order chi connectivity index (χ0) is 23.1. The average molecular weight is 450 g/mol. The van der Waals surface area contributed by atoms with Gasteiger partial charge in [0.1, 0.15) is 5.82 Å². The van der Waals surface area contributed by atoms with Crippen LogP contribution in [0.3, 0.4) is 0 Å². The van der Waals surface area contributed by atoms with Crippen LogP contribution in [0.2, 0.25) is 0 Å². The number of aliphatic imine (C=N–C) groups is 1. The molecule has 8 heteroatoms. The minimum Gasteiger partial charge on any atom is -0.371 e. The minimum absolute atomic E-state index is 0.139. The number of rotatable bonds is 8. The molecule has 0 aliphatic rings. The molecule has 2 aromatic carbocycles. The quantitative estimate of drug-likeness (QED) is 0.476. The molecule has 0 bridgehead atoms. The summed E-state index contributed by atoms with van der Waals surface area (Å²) in [6.07, 6.45) is 1.16. The van der Waals surface area contributed by atoms with Crippen LogP contribution in [0.4, 0.5) is 4.39 Å². The molecule has 2 N–H and O–H groups in total. The number of ether oxygens (including phenoxy) is 1. The first-order chi connectivity index (χ1) is 14.4. The predicted molar refractivity (Wildman–Crippen MR) is 123 cm³/mol. The summed E-state index contributed by atoms with van der Waals surface area (Å²) in [4.78, 5) is 4.19. The van der Waals surface area contributed by atoms with E-state index in [2.05, 4.69) is 21.7 Å². The van der Waals surface area contributed by atoms with Crippen molar-refractivity contribution >= 4 is 15.8 Å². The second-order valence-corrected chi connectivity index (χ2v) is 10.6. The maximum absolute atomic E-state index is 13.7. The number of halogens is 1. The summed E-state index contributed by atoms with van der Waals surface area (Å²) in [6, 6.07) is 12.2. The highest BCUT2D eigenvalue weighted by Gasteiger charge is 2.12. The Morgan fingerprint density at radius 1 is 1.03 bits per heavy atom. The van der Waals surface area contributed by atoms with Gasteiger partial charge in [-0.25, -0.2) is 12.8 Å². The third-order valence-electron chi connectivity index (χ3n) is 4.38. The third-order valence-corrected chi connectivity index (χ3v) is 5.21. The summed E-state index contributed by atoms with van der Waals surface area (Å²) >= 11 is 0. The molecule has 2 aromatic rings. The lowest BCUT2D eigenvalue weighted by Crippen LogP contribution is -2.36. The second-order valence-electron chi connectivity index (χ2n) is 8.48. The highest BCUT2D eigenvalue weighted by molar-refractivity contribution is 7.89. The van der Waals surface area contributed by atoms with Gasteiger partial charge in [-0.2, -0.15) is 0 Å². The Balaban J connectivity index is 1.98. The topological polar surface area (TPSA) is 79.8 Å². The van der Waals surface area contributed by atoms with Crippen LogP contribution in [-0.4, -0.2) is 33.3 Å². The fourth-order valence-electron chi connectivity index (χ4n) is 2.90. The van der Waals surface area contributed by atoms with Crippen molar-refractivity contribution in [3.63, 3.8) is 0 Å². The standard InChI is InChI=1S/C23H32FN3O3S/c1-23(2,3)30-15-18-8-6-7-17(11-18)13-26-22(25-4)27-14-20-12-21(24)10-9-19(20)16-31(5,28)29/h6-12H,13-16H2,1-5H3,(H2,25,26,27). The molecule has 0 fully saturated rings. The van der Waals surface area contributed by atoms with Crippen LogP contribution in [0.1, 0.15) is 43.0 Å². The molecule has 0 aliphatic carbocycles. The van der Waals surface area contributed by atoms with Crippen molar-refractivity contribution in [3.8, 4) is 0 Å². The second kappa shape index (κ2) is 10.7. The van der Waals surface area contributed by atoms with Crippen LogP contribution in [-0.2, 0) is 40.0 Å². The lowest BCUT2D eigenvalue weighted by atomic mass is 10.1. The first-order valence-corrected chi connectivity index (χ1v) is 12.1. The summed E-state index contributed by atoms with van der Waals surface area (Å²) in [5, 5.41) is 6.35.